The minimum atomic E-state index is -3.42. The van der Waals surface area contributed by atoms with Crippen LogP contribution in [0.15, 0.2) is 62.4 Å². The van der Waals surface area contributed by atoms with Crippen molar-refractivity contribution in [2.45, 2.75) is 10.6 Å². The Labute approximate surface area is 152 Å². The van der Waals surface area contributed by atoms with Crippen LogP contribution < -0.4 is 4.72 Å². The highest BCUT2D eigenvalue weighted by atomic mass is 79.9. The van der Waals surface area contributed by atoms with Crippen LogP contribution >= 0.6 is 43.6 Å². The van der Waals surface area contributed by atoms with Gasteiger partial charge >= 0.3 is 0 Å². The summed E-state index contributed by atoms with van der Waals surface area (Å²) in [6.45, 7) is 0.410. The third-order valence-electron chi connectivity index (χ3n) is 2.88. The number of hydrogen-bond donors (Lipinski definition) is 1. The molecule has 0 spiro atoms. The van der Waals surface area contributed by atoms with Gasteiger partial charge in [0.2, 0.25) is 10.0 Å². The molecule has 0 saturated carbocycles. The van der Waals surface area contributed by atoms with Crippen LogP contribution in [0.25, 0.3) is 0 Å². The molecular formula is C15H15Br2NO2S2. The van der Waals surface area contributed by atoms with Gasteiger partial charge in [-0.15, -0.1) is 0 Å². The minimum Gasteiger partial charge on any atom is -0.210 e. The Kier molecular flexibility index (Phi) is 6.95. The maximum absolute atomic E-state index is 12.1. The fraction of sp³-hybridized carbons (Fsp3) is 0.200. The summed E-state index contributed by atoms with van der Waals surface area (Å²) in [5.74, 6) is 1.57. The monoisotopic (exact) mass is 463 g/mol. The summed E-state index contributed by atoms with van der Waals surface area (Å²) >= 11 is 8.49. The molecule has 0 aliphatic carbocycles. The summed E-state index contributed by atoms with van der Waals surface area (Å²) in [5.41, 5.74) is 1.21. The largest absolute Gasteiger partial charge is 0.240 e. The number of benzene rings is 2. The second kappa shape index (κ2) is 8.49. The predicted octanol–water partition coefficient (Wildman–Crippen LogP) is 4.42. The smallest absolute Gasteiger partial charge is 0.210 e. The molecule has 7 heteroatoms. The number of rotatable bonds is 7. The Morgan fingerprint density at radius 1 is 1.00 bits per heavy atom. The third-order valence-corrected chi connectivity index (χ3v) is 6.66. The highest BCUT2D eigenvalue weighted by molar-refractivity contribution is 9.10. The van der Waals surface area contributed by atoms with Gasteiger partial charge in [-0.2, -0.15) is 11.8 Å². The van der Waals surface area contributed by atoms with E-state index in [1.165, 1.54) is 5.56 Å². The summed E-state index contributed by atoms with van der Waals surface area (Å²) in [6, 6.07) is 14.6. The SMILES string of the molecule is O=S(=O)(NCCSCc1ccccc1Br)c1ccc(Br)cc1. The van der Waals surface area contributed by atoms with Gasteiger partial charge in [0.05, 0.1) is 4.90 Å². The fourth-order valence-corrected chi connectivity index (χ4v) is 4.64. The zero-order valence-corrected chi connectivity index (χ0v) is 16.4. The Balaban J connectivity index is 1.79. The Bertz CT molecular complexity index is 719. The molecule has 2 rings (SSSR count). The van der Waals surface area contributed by atoms with E-state index in [9.17, 15) is 8.42 Å². The van der Waals surface area contributed by atoms with E-state index in [4.69, 9.17) is 0 Å². The molecule has 118 valence electrons. The second-order valence-electron chi connectivity index (χ2n) is 4.50. The second-order valence-corrected chi connectivity index (χ2v) is 9.14. The van der Waals surface area contributed by atoms with Crippen molar-refractivity contribution in [1.29, 1.82) is 0 Å². The van der Waals surface area contributed by atoms with Gasteiger partial charge in [-0.25, -0.2) is 13.1 Å². The summed E-state index contributed by atoms with van der Waals surface area (Å²) in [6.07, 6.45) is 0. The summed E-state index contributed by atoms with van der Waals surface area (Å²) in [4.78, 5) is 0.284. The lowest BCUT2D eigenvalue weighted by Crippen LogP contribution is -2.26. The maximum atomic E-state index is 12.1. The van der Waals surface area contributed by atoms with Crippen molar-refractivity contribution < 1.29 is 8.42 Å². The first kappa shape index (κ1) is 18.0. The van der Waals surface area contributed by atoms with Crippen molar-refractivity contribution in [2.24, 2.45) is 0 Å². The molecule has 0 aliphatic rings. The van der Waals surface area contributed by atoms with Crippen LogP contribution in [0.5, 0.6) is 0 Å². The van der Waals surface area contributed by atoms with Crippen LogP contribution in [0.3, 0.4) is 0 Å². The third kappa shape index (κ3) is 5.38. The van der Waals surface area contributed by atoms with Crippen molar-refractivity contribution in [3.05, 3.63) is 63.0 Å². The quantitative estimate of drug-likeness (QED) is 0.616. The van der Waals surface area contributed by atoms with E-state index < -0.39 is 10.0 Å². The lowest BCUT2D eigenvalue weighted by molar-refractivity contribution is 0.584. The fourth-order valence-electron chi connectivity index (χ4n) is 1.74. The van der Waals surface area contributed by atoms with Crippen molar-refractivity contribution in [1.82, 2.24) is 4.72 Å². The summed E-state index contributed by atoms with van der Waals surface area (Å²) < 4.78 is 28.7. The Hall–Kier alpha value is -0.340. The number of sulfonamides is 1. The molecule has 0 aliphatic heterocycles. The van der Waals surface area contributed by atoms with E-state index in [2.05, 4.69) is 42.6 Å². The van der Waals surface area contributed by atoms with Crippen molar-refractivity contribution >= 4 is 53.6 Å². The molecule has 0 fully saturated rings. The predicted molar refractivity (Wildman–Crippen MR) is 99.6 cm³/mol. The van der Waals surface area contributed by atoms with Crippen molar-refractivity contribution in [3.8, 4) is 0 Å². The first-order valence-corrected chi connectivity index (χ1v) is 10.8. The highest BCUT2D eigenvalue weighted by Crippen LogP contribution is 2.21. The molecule has 2 aromatic carbocycles. The van der Waals surface area contributed by atoms with Gasteiger partial charge in [0.15, 0.2) is 0 Å². The van der Waals surface area contributed by atoms with Gasteiger partial charge in [-0.05, 0) is 35.9 Å². The molecule has 0 amide bonds. The zero-order valence-electron chi connectivity index (χ0n) is 11.6. The molecule has 0 radical (unpaired) electrons. The van der Waals surface area contributed by atoms with Crippen LogP contribution in [-0.4, -0.2) is 20.7 Å². The summed E-state index contributed by atoms with van der Waals surface area (Å²) in [5, 5.41) is 0. The van der Waals surface area contributed by atoms with E-state index in [1.54, 1.807) is 36.0 Å². The molecule has 3 nitrogen and oxygen atoms in total. The first-order chi connectivity index (χ1) is 10.5. The van der Waals surface area contributed by atoms with Crippen molar-refractivity contribution in [2.75, 3.05) is 12.3 Å². The molecule has 0 bridgehead atoms. The standard InChI is InChI=1S/C15H15Br2NO2S2/c16-13-5-7-14(8-6-13)22(19,20)18-9-10-21-11-12-3-1-2-4-15(12)17/h1-8,18H,9-11H2. The lowest BCUT2D eigenvalue weighted by atomic mass is 10.2. The summed E-state index contributed by atoms with van der Waals surface area (Å²) in [7, 11) is -3.42. The average Bonchev–Trinajstić information content (AvgIpc) is 2.49. The Morgan fingerprint density at radius 3 is 2.36 bits per heavy atom. The highest BCUT2D eigenvalue weighted by Gasteiger charge is 2.12. The minimum absolute atomic E-state index is 0.284. The van der Waals surface area contributed by atoms with Gasteiger partial charge in [0.25, 0.3) is 0 Å². The average molecular weight is 465 g/mol. The van der Waals surface area contributed by atoms with Crippen LogP contribution in [0.1, 0.15) is 5.56 Å². The molecule has 0 saturated heterocycles. The number of halogens is 2. The van der Waals surface area contributed by atoms with Gasteiger partial charge in [0.1, 0.15) is 0 Å². The van der Waals surface area contributed by atoms with Gasteiger partial charge < -0.3 is 0 Å². The van der Waals surface area contributed by atoms with E-state index in [0.717, 1.165) is 20.5 Å². The van der Waals surface area contributed by atoms with E-state index in [1.807, 2.05) is 18.2 Å². The van der Waals surface area contributed by atoms with Crippen LogP contribution in [-0.2, 0) is 15.8 Å². The van der Waals surface area contributed by atoms with Gasteiger partial charge in [0, 0.05) is 27.0 Å². The molecule has 1 N–H and O–H groups in total. The number of hydrogen-bond acceptors (Lipinski definition) is 3. The Morgan fingerprint density at radius 2 is 1.68 bits per heavy atom. The van der Waals surface area contributed by atoms with Gasteiger partial charge in [-0.1, -0.05) is 50.1 Å². The van der Waals surface area contributed by atoms with Crippen LogP contribution in [0.2, 0.25) is 0 Å². The molecule has 0 aromatic heterocycles. The van der Waals surface area contributed by atoms with E-state index in [0.29, 0.717) is 6.54 Å². The van der Waals surface area contributed by atoms with Crippen LogP contribution in [0.4, 0.5) is 0 Å². The van der Waals surface area contributed by atoms with Gasteiger partial charge in [-0.3, -0.25) is 0 Å². The first-order valence-electron chi connectivity index (χ1n) is 6.55. The molecule has 0 unspecified atom stereocenters. The van der Waals surface area contributed by atoms with E-state index in [-0.39, 0.29) is 4.90 Å². The zero-order chi connectivity index (χ0) is 16.0. The normalized spacial score (nSPS) is 11.5. The van der Waals surface area contributed by atoms with Crippen molar-refractivity contribution in [3.63, 3.8) is 0 Å². The molecule has 22 heavy (non-hydrogen) atoms. The molecular weight excluding hydrogens is 450 g/mol. The number of thioether (sulfide) groups is 1. The molecule has 2 aromatic rings. The van der Waals surface area contributed by atoms with E-state index >= 15 is 0 Å². The topological polar surface area (TPSA) is 46.2 Å². The lowest BCUT2D eigenvalue weighted by Gasteiger charge is -2.07. The van der Waals surface area contributed by atoms with Crippen LogP contribution in [0, 0.1) is 0 Å². The molecule has 0 atom stereocenters. The molecule has 0 heterocycles. The number of nitrogens with one attached hydrogen (secondary N) is 1. The maximum Gasteiger partial charge on any atom is 0.240 e.